The van der Waals surface area contributed by atoms with E-state index in [4.69, 9.17) is 5.11 Å². The minimum absolute atomic E-state index is 0.0706. The van der Waals surface area contributed by atoms with Crippen LogP contribution >= 0.6 is 0 Å². The van der Waals surface area contributed by atoms with Crippen molar-refractivity contribution < 1.29 is 5.11 Å². The third kappa shape index (κ3) is 1.30. The first kappa shape index (κ1) is 9.21. The molecule has 3 heteroatoms. The summed E-state index contributed by atoms with van der Waals surface area (Å²) in [7, 11) is 0. The van der Waals surface area contributed by atoms with E-state index in [-0.39, 0.29) is 6.61 Å². The average Bonchev–Trinajstić information content (AvgIpc) is 2.60. The molecule has 0 aliphatic carbocycles. The number of nitrogens with zero attached hydrogens (tertiary/aromatic N) is 2. The second-order valence-corrected chi connectivity index (χ2v) is 3.69. The lowest BCUT2D eigenvalue weighted by Crippen LogP contribution is -2.01. The Morgan fingerprint density at radius 3 is 2.86 bits per heavy atom. The van der Waals surface area contributed by atoms with Gasteiger partial charge in [-0.25, -0.2) is 0 Å². The number of benzene rings is 1. The van der Waals surface area contributed by atoms with Crippen molar-refractivity contribution >= 4 is 10.9 Å². The van der Waals surface area contributed by atoms with Crippen LogP contribution in [0.2, 0.25) is 0 Å². The summed E-state index contributed by atoms with van der Waals surface area (Å²) in [4.78, 5) is 0. The molecule has 14 heavy (non-hydrogen) atoms. The lowest BCUT2D eigenvalue weighted by molar-refractivity contribution is 0.283. The Kier molecular flexibility index (Phi) is 2.25. The predicted octanol–water partition coefficient (Wildman–Crippen LogP) is 2.11. The molecule has 74 valence electrons. The van der Waals surface area contributed by atoms with Crippen LogP contribution in [0.3, 0.4) is 0 Å². The Morgan fingerprint density at radius 1 is 1.43 bits per heavy atom. The van der Waals surface area contributed by atoms with Gasteiger partial charge in [0.25, 0.3) is 0 Å². The van der Waals surface area contributed by atoms with Gasteiger partial charge >= 0.3 is 0 Å². The summed E-state index contributed by atoms with van der Waals surface area (Å²) in [6.45, 7) is 4.26. The molecule has 1 aromatic carbocycles. The van der Waals surface area contributed by atoms with Crippen molar-refractivity contribution in [3.8, 4) is 0 Å². The molecular formula is C11H14N2O. The van der Waals surface area contributed by atoms with E-state index in [0.717, 1.165) is 16.5 Å². The molecule has 2 rings (SSSR count). The van der Waals surface area contributed by atoms with E-state index < -0.39 is 0 Å². The number of rotatable bonds is 2. The quantitative estimate of drug-likeness (QED) is 0.787. The summed E-state index contributed by atoms with van der Waals surface area (Å²) < 4.78 is 1.97. The summed E-state index contributed by atoms with van der Waals surface area (Å²) in [6.07, 6.45) is 1.82. The van der Waals surface area contributed by atoms with E-state index in [2.05, 4.69) is 18.9 Å². The third-order valence-electron chi connectivity index (χ3n) is 2.39. The first-order valence-corrected chi connectivity index (χ1v) is 4.80. The Morgan fingerprint density at radius 2 is 2.21 bits per heavy atom. The van der Waals surface area contributed by atoms with Crippen molar-refractivity contribution in [1.29, 1.82) is 0 Å². The molecule has 1 N–H and O–H groups in total. The molecule has 2 aromatic rings. The van der Waals surface area contributed by atoms with Crippen molar-refractivity contribution in [3.05, 3.63) is 30.0 Å². The largest absolute Gasteiger partial charge is 0.392 e. The van der Waals surface area contributed by atoms with Crippen LogP contribution in [0.5, 0.6) is 0 Å². The van der Waals surface area contributed by atoms with Crippen LogP contribution in [0.25, 0.3) is 10.9 Å². The average molecular weight is 190 g/mol. The molecule has 3 nitrogen and oxygen atoms in total. The molecule has 0 unspecified atom stereocenters. The second-order valence-electron chi connectivity index (χ2n) is 3.69. The number of aliphatic hydroxyl groups excluding tert-OH is 1. The summed E-state index contributed by atoms with van der Waals surface area (Å²) >= 11 is 0. The van der Waals surface area contributed by atoms with Gasteiger partial charge in [-0.3, -0.25) is 4.68 Å². The molecule has 1 aromatic heterocycles. The predicted molar refractivity (Wildman–Crippen MR) is 56.0 cm³/mol. The summed E-state index contributed by atoms with van der Waals surface area (Å²) in [5, 5.41) is 14.5. The SMILES string of the molecule is CC(C)n1ncc2c(CO)cccc21. The molecule has 0 bridgehead atoms. The fraction of sp³-hybridized carbons (Fsp3) is 0.364. The lowest BCUT2D eigenvalue weighted by Gasteiger charge is -2.07. The highest BCUT2D eigenvalue weighted by Crippen LogP contribution is 2.21. The molecular weight excluding hydrogens is 176 g/mol. The highest BCUT2D eigenvalue weighted by atomic mass is 16.3. The maximum atomic E-state index is 9.15. The zero-order valence-electron chi connectivity index (χ0n) is 8.44. The van der Waals surface area contributed by atoms with Crippen molar-refractivity contribution in [2.75, 3.05) is 0 Å². The summed E-state index contributed by atoms with van der Waals surface area (Å²) in [6, 6.07) is 6.26. The normalized spacial score (nSPS) is 11.4. The van der Waals surface area contributed by atoms with Gasteiger partial charge in [0.15, 0.2) is 0 Å². The number of aromatic nitrogens is 2. The minimum Gasteiger partial charge on any atom is -0.392 e. The van der Waals surface area contributed by atoms with Crippen LogP contribution in [0.4, 0.5) is 0 Å². The van der Waals surface area contributed by atoms with Gasteiger partial charge in [0.2, 0.25) is 0 Å². The number of aliphatic hydroxyl groups is 1. The molecule has 0 spiro atoms. The van der Waals surface area contributed by atoms with E-state index in [0.29, 0.717) is 6.04 Å². The Bertz CT molecular complexity index is 445. The van der Waals surface area contributed by atoms with Crippen molar-refractivity contribution in [2.24, 2.45) is 0 Å². The molecule has 0 amide bonds. The highest BCUT2D eigenvalue weighted by molar-refractivity contribution is 5.82. The maximum absolute atomic E-state index is 9.15. The van der Waals surface area contributed by atoms with E-state index in [9.17, 15) is 0 Å². The first-order chi connectivity index (χ1) is 6.74. The van der Waals surface area contributed by atoms with Crippen LogP contribution in [0.15, 0.2) is 24.4 Å². The monoisotopic (exact) mass is 190 g/mol. The van der Waals surface area contributed by atoms with Crippen LogP contribution in [0, 0.1) is 0 Å². The smallest absolute Gasteiger partial charge is 0.0689 e. The molecule has 0 aliphatic heterocycles. The van der Waals surface area contributed by atoms with Gasteiger partial charge in [0.05, 0.1) is 18.3 Å². The second kappa shape index (κ2) is 3.42. The van der Waals surface area contributed by atoms with Crippen LogP contribution in [0.1, 0.15) is 25.5 Å². The molecule has 1 heterocycles. The lowest BCUT2D eigenvalue weighted by atomic mass is 10.1. The van der Waals surface area contributed by atoms with Gasteiger partial charge in [0.1, 0.15) is 0 Å². The van der Waals surface area contributed by atoms with Crippen LogP contribution in [-0.2, 0) is 6.61 Å². The van der Waals surface area contributed by atoms with Gasteiger partial charge in [-0.15, -0.1) is 0 Å². The van der Waals surface area contributed by atoms with Crippen molar-refractivity contribution in [3.63, 3.8) is 0 Å². The van der Waals surface area contributed by atoms with Crippen LogP contribution < -0.4 is 0 Å². The topological polar surface area (TPSA) is 38.0 Å². The van der Waals surface area contributed by atoms with Gasteiger partial charge in [0, 0.05) is 11.4 Å². The molecule has 0 saturated heterocycles. The molecule has 0 fully saturated rings. The van der Waals surface area contributed by atoms with Gasteiger partial charge in [-0.1, -0.05) is 12.1 Å². The Balaban J connectivity index is 2.69. The first-order valence-electron chi connectivity index (χ1n) is 4.80. The molecule has 0 radical (unpaired) electrons. The van der Waals surface area contributed by atoms with Gasteiger partial charge in [-0.05, 0) is 25.5 Å². The molecule has 0 saturated carbocycles. The summed E-state index contributed by atoms with van der Waals surface area (Å²) in [5.74, 6) is 0. The van der Waals surface area contributed by atoms with Gasteiger partial charge < -0.3 is 5.11 Å². The van der Waals surface area contributed by atoms with Crippen LogP contribution in [-0.4, -0.2) is 14.9 Å². The zero-order valence-corrected chi connectivity index (χ0v) is 8.44. The molecule has 0 aliphatic rings. The highest BCUT2D eigenvalue weighted by Gasteiger charge is 2.07. The zero-order chi connectivity index (χ0) is 10.1. The molecule has 0 atom stereocenters. The Hall–Kier alpha value is -1.35. The fourth-order valence-corrected chi connectivity index (χ4v) is 1.68. The maximum Gasteiger partial charge on any atom is 0.0689 e. The number of fused-ring (bicyclic) bond motifs is 1. The van der Waals surface area contributed by atoms with Crippen molar-refractivity contribution in [1.82, 2.24) is 9.78 Å². The Labute approximate surface area is 83.0 Å². The van der Waals surface area contributed by atoms with E-state index in [1.165, 1.54) is 0 Å². The van der Waals surface area contributed by atoms with E-state index in [1.807, 2.05) is 29.1 Å². The summed E-state index contributed by atoms with van der Waals surface area (Å²) in [5.41, 5.74) is 2.03. The standard InChI is InChI=1S/C11H14N2O/c1-8(2)13-11-5-3-4-9(7-14)10(11)6-12-13/h3-6,8,14H,7H2,1-2H3. The fourth-order valence-electron chi connectivity index (χ4n) is 1.68. The van der Waals surface area contributed by atoms with E-state index >= 15 is 0 Å². The minimum atomic E-state index is 0.0706. The van der Waals surface area contributed by atoms with Gasteiger partial charge in [-0.2, -0.15) is 5.10 Å². The van der Waals surface area contributed by atoms with E-state index in [1.54, 1.807) is 0 Å². The van der Waals surface area contributed by atoms with Crippen molar-refractivity contribution in [2.45, 2.75) is 26.5 Å². The number of hydrogen-bond acceptors (Lipinski definition) is 2. The number of hydrogen-bond donors (Lipinski definition) is 1. The third-order valence-corrected chi connectivity index (χ3v) is 2.39.